The van der Waals surface area contributed by atoms with Crippen molar-refractivity contribution in [1.29, 1.82) is 0 Å². The molecular weight excluding hydrogens is 428 g/mol. The first kappa shape index (κ1) is 23.3. The molecule has 3 rings (SSSR count). The monoisotopic (exact) mass is 451 g/mol. The summed E-state index contributed by atoms with van der Waals surface area (Å²) in [7, 11) is 0. The molecule has 0 bridgehead atoms. The molecule has 172 valence electrons. The molecule has 0 aliphatic rings. The van der Waals surface area contributed by atoms with Crippen molar-refractivity contribution in [3.05, 3.63) is 47.7 Å². The van der Waals surface area contributed by atoms with Crippen LogP contribution >= 0.6 is 0 Å². The van der Waals surface area contributed by atoms with E-state index in [1.54, 1.807) is 31.2 Å². The smallest absolute Gasteiger partial charge is 0.345 e. The van der Waals surface area contributed by atoms with Crippen molar-refractivity contribution in [2.24, 2.45) is 0 Å². The van der Waals surface area contributed by atoms with Crippen LogP contribution in [0.5, 0.6) is 5.88 Å². The number of hydrogen-bond donors (Lipinski definition) is 5. The number of carbonyl (C=O) groups excluding carboxylic acids is 1. The predicted octanol–water partition coefficient (Wildman–Crippen LogP) is 2.31. The van der Waals surface area contributed by atoms with Gasteiger partial charge in [-0.15, -0.1) is 5.10 Å². The van der Waals surface area contributed by atoms with Crippen LogP contribution in [0.25, 0.3) is 10.9 Å². The number of hydrogen-bond acceptors (Lipinski definition) is 7. The van der Waals surface area contributed by atoms with Crippen molar-refractivity contribution < 1.29 is 33.3 Å². The molecule has 2 atom stereocenters. The highest BCUT2D eigenvalue weighted by molar-refractivity contribution is 5.93. The van der Waals surface area contributed by atoms with Crippen LogP contribution in [0.1, 0.15) is 24.2 Å². The van der Waals surface area contributed by atoms with E-state index in [1.807, 2.05) is 6.07 Å². The van der Waals surface area contributed by atoms with Gasteiger partial charge in [0, 0.05) is 6.07 Å². The molecule has 0 spiro atoms. The zero-order chi connectivity index (χ0) is 23.1. The Hall–Kier alpha value is -3.35. The molecule has 1 aromatic carbocycles. The second-order valence-electron chi connectivity index (χ2n) is 6.77. The van der Waals surface area contributed by atoms with Gasteiger partial charge in [-0.3, -0.25) is 10.4 Å². The van der Waals surface area contributed by atoms with Crippen molar-refractivity contribution >= 4 is 22.8 Å². The maximum Gasteiger partial charge on any atom is 0.345 e. The molecule has 12 heteroatoms. The molecule has 32 heavy (non-hydrogen) atoms. The molecule has 3 aromatic rings. The van der Waals surface area contributed by atoms with Gasteiger partial charge in [-0.05, 0) is 12.5 Å². The summed E-state index contributed by atoms with van der Waals surface area (Å²) in [5.41, 5.74) is 1.29. The lowest BCUT2D eigenvalue weighted by Gasteiger charge is -2.22. The van der Waals surface area contributed by atoms with Crippen molar-refractivity contribution in [3.8, 4) is 5.88 Å². The Kier molecular flexibility index (Phi) is 7.87. The lowest BCUT2D eigenvalue weighted by molar-refractivity contribution is -0.133. The second-order valence-corrected chi connectivity index (χ2v) is 6.77. The summed E-state index contributed by atoms with van der Waals surface area (Å²) in [4.78, 5) is 16.7. The fourth-order valence-corrected chi connectivity index (χ4v) is 3.09. The zero-order valence-electron chi connectivity index (χ0n) is 17.1. The summed E-state index contributed by atoms with van der Waals surface area (Å²) in [5.74, 6) is 0.177. The summed E-state index contributed by atoms with van der Waals surface area (Å²) in [5, 5.41) is 32.0. The number of urea groups is 1. The zero-order valence-corrected chi connectivity index (χ0v) is 17.1. The molecule has 0 aliphatic heterocycles. The minimum atomic E-state index is -2.90. The highest BCUT2D eigenvalue weighted by atomic mass is 19.3. The number of alkyl halides is 2. The van der Waals surface area contributed by atoms with Gasteiger partial charge in [0.2, 0.25) is 5.88 Å². The number of benzene rings is 1. The number of anilines is 1. The van der Waals surface area contributed by atoms with Gasteiger partial charge >= 0.3 is 12.6 Å². The quantitative estimate of drug-likeness (QED) is 0.298. The fraction of sp³-hybridized carbons (Fsp3) is 0.350. The van der Waals surface area contributed by atoms with Gasteiger partial charge in [0.25, 0.3) is 0 Å². The standard InChI is InChI=1S/C20H23F2N5O5/c1-11(29)17(12-5-3-2-4-6-12)25-20(30)24-15-9-13-16(14(10-28)23-15)18(27-26-13)31-7-8-32-19(21)22/h2-6,9,11,17,19,28-29H,7-8,10H2,1H3,(H,26,27)(H2,23,24,25,30)/t11-,17-/m1/s1. The Morgan fingerprint density at radius 3 is 2.66 bits per heavy atom. The van der Waals surface area contributed by atoms with Gasteiger partial charge in [0.15, 0.2) is 0 Å². The predicted molar refractivity (Wildman–Crippen MR) is 110 cm³/mol. The Morgan fingerprint density at radius 2 is 2.00 bits per heavy atom. The first-order valence-electron chi connectivity index (χ1n) is 9.71. The summed E-state index contributed by atoms with van der Waals surface area (Å²) >= 11 is 0. The van der Waals surface area contributed by atoms with Crippen molar-refractivity contribution in [2.75, 3.05) is 18.5 Å². The van der Waals surface area contributed by atoms with E-state index in [0.717, 1.165) is 5.56 Å². The molecule has 5 N–H and O–H groups in total. The Morgan fingerprint density at radius 1 is 1.25 bits per heavy atom. The molecular formula is C20H23F2N5O5. The number of H-pyrrole nitrogens is 1. The third-order valence-corrected chi connectivity index (χ3v) is 4.47. The van der Waals surface area contributed by atoms with Crippen molar-refractivity contribution in [2.45, 2.75) is 32.3 Å². The fourth-order valence-electron chi connectivity index (χ4n) is 3.09. The number of nitrogens with one attached hydrogen (secondary N) is 3. The van der Waals surface area contributed by atoms with E-state index in [2.05, 4.69) is 30.6 Å². The topological polar surface area (TPSA) is 142 Å². The first-order chi connectivity index (χ1) is 15.4. The van der Waals surface area contributed by atoms with Gasteiger partial charge in [0.1, 0.15) is 12.4 Å². The van der Waals surface area contributed by atoms with E-state index in [0.29, 0.717) is 10.9 Å². The van der Waals surface area contributed by atoms with Crippen molar-refractivity contribution in [1.82, 2.24) is 20.5 Å². The number of pyridine rings is 1. The van der Waals surface area contributed by atoms with Gasteiger partial charge in [-0.1, -0.05) is 30.3 Å². The number of halogens is 2. The van der Waals surface area contributed by atoms with Crippen LogP contribution in [0.4, 0.5) is 19.4 Å². The number of amides is 2. The molecule has 0 aliphatic carbocycles. The molecule has 0 unspecified atom stereocenters. The number of aromatic amines is 1. The third kappa shape index (κ3) is 5.87. The van der Waals surface area contributed by atoms with Gasteiger partial charge in [0.05, 0.1) is 42.0 Å². The highest BCUT2D eigenvalue weighted by Gasteiger charge is 2.21. The molecule has 0 saturated carbocycles. The summed E-state index contributed by atoms with van der Waals surface area (Å²) in [6.45, 7) is -2.36. The average Bonchev–Trinajstić information content (AvgIpc) is 3.17. The minimum absolute atomic E-state index is 0.0589. The summed E-state index contributed by atoms with van der Waals surface area (Å²) in [6.07, 6.45) is -0.854. The maximum absolute atomic E-state index is 12.5. The van der Waals surface area contributed by atoms with Crippen LogP contribution < -0.4 is 15.4 Å². The molecule has 0 radical (unpaired) electrons. The third-order valence-electron chi connectivity index (χ3n) is 4.47. The van der Waals surface area contributed by atoms with Gasteiger partial charge in [-0.25, -0.2) is 9.78 Å². The van der Waals surface area contributed by atoms with Crippen LogP contribution in [-0.2, 0) is 11.3 Å². The lowest BCUT2D eigenvalue weighted by Crippen LogP contribution is -2.38. The van der Waals surface area contributed by atoms with E-state index in [4.69, 9.17) is 4.74 Å². The number of ether oxygens (including phenoxy) is 2. The SMILES string of the molecule is C[C@@H](O)[C@@H](NC(=O)Nc1cc2[nH]nc(OCCOC(F)F)c2c(CO)n1)c1ccccc1. The summed E-state index contributed by atoms with van der Waals surface area (Å²) < 4.78 is 33.5. The molecule has 0 fully saturated rings. The summed E-state index contributed by atoms with van der Waals surface area (Å²) in [6, 6.07) is 9.19. The molecule has 2 aromatic heterocycles. The first-order valence-corrected chi connectivity index (χ1v) is 9.71. The number of aliphatic hydroxyl groups is 2. The maximum atomic E-state index is 12.5. The molecule has 2 amide bonds. The molecule has 2 heterocycles. The number of fused-ring (bicyclic) bond motifs is 1. The van der Waals surface area contributed by atoms with E-state index in [-0.39, 0.29) is 30.6 Å². The lowest BCUT2D eigenvalue weighted by atomic mass is 10.0. The van der Waals surface area contributed by atoms with E-state index >= 15 is 0 Å². The Balaban J connectivity index is 1.72. The number of nitrogens with zero attached hydrogens (tertiary/aromatic N) is 2. The normalized spacial score (nSPS) is 13.2. The second kappa shape index (κ2) is 10.8. The van der Waals surface area contributed by atoms with E-state index in [9.17, 15) is 23.8 Å². The molecule has 0 saturated heterocycles. The Bertz CT molecular complexity index is 1030. The number of aromatic nitrogens is 3. The van der Waals surface area contributed by atoms with E-state index in [1.165, 1.54) is 6.07 Å². The van der Waals surface area contributed by atoms with Crippen LogP contribution in [0.3, 0.4) is 0 Å². The average molecular weight is 451 g/mol. The minimum Gasteiger partial charge on any atom is -0.474 e. The van der Waals surface area contributed by atoms with Gasteiger partial charge < -0.3 is 25.0 Å². The number of rotatable bonds is 10. The largest absolute Gasteiger partial charge is 0.474 e. The van der Waals surface area contributed by atoms with Gasteiger partial charge in [-0.2, -0.15) is 8.78 Å². The molecule has 10 nitrogen and oxygen atoms in total. The van der Waals surface area contributed by atoms with Crippen LogP contribution in [-0.4, -0.2) is 57.4 Å². The van der Waals surface area contributed by atoms with E-state index < -0.39 is 31.4 Å². The number of carbonyl (C=O) groups is 1. The number of aliphatic hydroxyl groups excluding tert-OH is 2. The van der Waals surface area contributed by atoms with Crippen molar-refractivity contribution in [3.63, 3.8) is 0 Å². The Labute approximate surface area is 181 Å². The highest BCUT2D eigenvalue weighted by Crippen LogP contribution is 2.28. The van der Waals surface area contributed by atoms with Crippen LogP contribution in [0.15, 0.2) is 36.4 Å². The van der Waals surface area contributed by atoms with Crippen LogP contribution in [0.2, 0.25) is 0 Å². The van der Waals surface area contributed by atoms with Crippen LogP contribution in [0, 0.1) is 0 Å².